The lowest BCUT2D eigenvalue weighted by molar-refractivity contribution is -0.689. The summed E-state index contributed by atoms with van der Waals surface area (Å²) < 4.78 is 43.4. The molecule has 0 spiro atoms. The van der Waals surface area contributed by atoms with Gasteiger partial charge in [0.25, 0.3) is 0 Å². The molecule has 3 rings (SSSR count). The van der Waals surface area contributed by atoms with Gasteiger partial charge >= 0.3 is 10.2 Å². The van der Waals surface area contributed by atoms with Gasteiger partial charge in [0.2, 0.25) is 0 Å². The average molecular weight is 599 g/mol. The van der Waals surface area contributed by atoms with Crippen molar-refractivity contribution in [2.24, 2.45) is 4.99 Å². The molecule has 0 aliphatic heterocycles. The summed E-state index contributed by atoms with van der Waals surface area (Å²) in [6.07, 6.45) is 3.35. The van der Waals surface area contributed by atoms with Gasteiger partial charge in [-0.3, -0.25) is 4.99 Å². The van der Waals surface area contributed by atoms with Crippen LogP contribution in [0.15, 0.2) is 70.8 Å². The Hall–Kier alpha value is -1.91. The molecular formula is C21H17BrCl3FN2O4S. The lowest BCUT2D eigenvalue weighted by atomic mass is 10.2. The Kier molecular flexibility index (Phi) is 9.93. The fraction of sp³-hybridized carbons (Fsp3) is 0.143. The van der Waals surface area contributed by atoms with Crippen LogP contribution in [0, 0.1) is 0 Å². The third kappa shape index (κ3) is 8.12. The molecule has 0 N–H and O–H groups in total. The van der Waals surface area contributed by atoms with E-state index in [2.05, 4.69) is 4.99 Å². The number of aliphatic imine (C=N–C) groups is 1. The van der Waals surface area contributed by atoms with Crippen molar-refractivity contribution in [2.75, 3.05) is 6.61 Å². The lowest BCUT2D eigenvalue weighted by Crippen LogP contribution is -2.34. The minimum atomic E-state index is -4.90. The molecule has 176 valence electrons. The van der Waals surface area contributed by atoms with Gasteiger partial charge < -0.3 is 9.84 Å². The maximum Gasteiger partial charge on any atom is 0.332 e. The zero-order valence-electron chi connectivity index (χ0n) is 16.8. The van der Waals surface area contributed by atoms with Gasteiger partial charge in [-0.1, -0.05) is 34.8 Å². The van der Waals surface area contributed by atoms with E-state index < -0.39 is 21.0 Å². The highest BCUT2D eigenvalue weighted by molar-refractivity contribution is 8.93. The van der Waals surface area contributed by atoms with Crippen LogP contribution in [0.25, 0.3) is 0 Å². The molecule has 0 amide bonds. The zero-order valence-corrected chi connectivity index (χ0v) is 21.5. The molecule has 12 heteroatoms. The Morgan fingerprint density at radius 1 is 1.09 bits per heavy atom. The molecule has 6 nitrogen and oxygen atoms in total. The molecule has 0 bridgehead atoms. The fourth-order valence-electron chi connectivity index (χ4n) is 2.81. The van der Waals surface area contributed by atoms with Crippen molar-refractivity contribution in [2.45, 2.75) is 18.0 Å². The van der Waals surface area contributed by atoms with Crippen molar-refractivity contribution in [3.05, 3.63) is 87.1 Å². The predicted molar refractivity (Wildman–Crippen MR) is 129 cm³/mol. The van der Waals surface area contributed by atoms with E-state index in [0.717, 1.165) is 6.07 Å². The van der Waals surface area contributed by atoms with Gasteiger partial charge in [-0.2, -0.15) is 8.42 Å². The first kappa shape index (κ1) is 27.3. The Bertz CT molecular complexity index is 1280. The summed E-state index contributed by atoms with van der Waals surface area (Å²) in [4.78, 5) is 3.51. The van der Waals surface area contributed by atoms with E-state index in [1.807, 2.05) is 0 Å². The molecule has 0 atom stereocenters. The number of halogens is 5. The van der Waals surface area contributed by atoms with E-state index in [4.69, 9.17) is 39.5 Å². The molecule has 3 aromatic rings. The van der Waals surface area contributed by atoms with Gasteiger partial charge in [-0.15, -0.1) is 20.9 Å². The maximum atomic E-state index is 13.6. The molecule has 1 aromatic heterocycles. The SMILES string of the molecule is Br.O=S(=O)(F)c1ccc(Cl)cc1C[n+]1cccc(CN=C([O-])COc2ccc(Cl)c(Cl)c2)c1. The lowest BCUT2D eigenvalue weighted by Gasteiger charge is -2.12. The number of ether oxygens (including phenoxy) is 1. The van der Waals surface area contributed by atoms with E-state index in [1.165, 1.54) is 18.2 Å². The van der Waals surface area contributed by atoms with Crippen molar-refractivity contribution >= 4 is 67.9 Å². The molecule has 0 aliphatic rings. The molecular weight excluding hydrogens is 582 g/mol. The van der Waals surface area contributed by atoms with Gasteiger partial charge in [-0.25, -0.2) is 4.57 Å². The summed E-state index contributed by atoms with van der Waals surface area (Å²) >= 11 is 17.7. The Morgan fingerprint density at radius 3 is 2.55 bits per heavy atom. The monoisotopic (exact) mass is 596 g/mol. The van der Waals surface area contributed by atoms with E-state index >= 15 is 0 Å². The Labute approximate surface area is 216 Å². The van der Waals surface area contributed by atoms with Crippen molar-refractivity contribution in [3.63, 3.8) is 0 Å². The van der Waals surface area contributed by atoms with Gasteiger partial charge in [0.1, 0.15) is 17.3 Å². The molecule has 0 radical (unpaired) electrons. The quantitative estimate of drug-likeness (QED) is 0.165. The summed E-state index contributed by atoms with van der Waals surface area (Å²) in [6.45, 7) is -0.138. The highest BCUT2D eigenvalue weighted by Gasteiger charge is 2.20. The Balaban J connectivity index is 0.00000385. The second-order valence-corrected chi connectivity index (χ2v) is 9.22. The molecule has 33 heavy (non-hydrogen) atoms. The summed E-state index contributed by atoms with van der Waals surface area (Å²) in [5.41, 5.74) is 0.882. The first-order valence-electron chi connectivity index (χ1n) is 9.11. The van der Waals surface area contributed by atoms with Crippen molar-refractivity contribution in [1.82, 2.24) is 0 Å². The first-order chi connectivity index (χ1) is 15.1. The fourth-order valence-corrected chi connectivity index (χ4v) is 3.96. The minimum absolute atomic E-state index is 0. The summed E-state index contributed by atoms with van der Waals surface area (Å²) in [5.74, 6) is -0.0900. The molecule has 0 saturated carbocycles. The van der Waals surface area contributed by atoms with Crippen molar-refractivity contribution in [1.29, 1.82) is 0 Å². The summed E-state index contributed by atoms with van der Waals surface area (Å²) in [7, 11) is -4.90. The van der Waals surface area contributed by atoms with Gasteiger partial charge in [0, 0.05) is 28.3 Å². The highest BCUT2D eigenvalue weighted by Crippen LogP contribution is 2.26. The molecule has 1 heterocycles. The zero-order chi connectivity index (χ0) is 23.3. The topological polar surface area (TPSA) is 82.7 Å². The van der Waals surface area contributed by atoms with Crippen LogP contribution in [0.1, 0.15) is 11.1 Å². The number of pyridine rings is 1. The van der Waals surface area contributed by atoms with Crippen molar-refractivity contribution in [3.8, 4) is 5.75 Å². The maximum absolute atomic E-state index is 13.6. The second kappa shape index (κ2) is 12.0. The van der Waals surface area contributed by atoms with Gasteiger partial charge in [0.05, 0.1) is 16.6 Å². The highest BCUT2D eigenvalue weighted by atomic mass is 79.9. The van der Waals surface area contributed by atoms with Crippen LogP contribution in [-0.2, 0) is 23.3 Å². The van der Waals surface area contributed by atoms with E-state index in [1.54, 1.807) is 41.2 Å². The largest absolute Gasteiger partial charge is 0.860 e. The molecule has 2 aromatic carbocycles. The van der Waals surface area contributed by atoms with E-state index in [9.17, 15) is 17.4 Å². The van der Waals surface area contributed by atoms with Crippen LogP contribution in [0.5, 0.6) is 5.75 Å². The van der Waals surface area contributed by atoms with Crippen LogP contribution in [-0.4, -0.2) is 20.9 Å². The smallest absolute Gasteiger partial charge is 0.332 e. The number of hydrogen-bond donors (Lipinski definition) is 0. The van der Waals surface area contributed by atoms with Gasteiger partial charge in [-0.05, 0) is 42.3 Å². The third-order valence-electron chi connectivity index (χ3n) is 4.25. The van der Waals surface area contributed by atoms with Gasteiger partial charge in [0.15, 0.2) is 18.9 Å². The number of aromatic nitrogens is 1. The van der Waals surface area contributed by atoms with Crippen LogP contribution < -0.4 is 14.4 Å². The van der Waals surface area contributed by atoms with Crippen LogP contribution in [0.3, 0.4) is 0 Å². The second-order valence-electron chi connectivity index (χ2n) is 6.65. The standard InChI is InChI=1S/C21H16Cl3FN2O4S.BrH/c22-16-3-6-20(32(25,29)30)15(8-16)12-27-7-1-2-14(11-27)10-26-21(28)13-31-17-4-5-18(23)19(24)9-17;/h1-9,11H,10,12-13H2;1H. The van der Waals surface area contributed by atoms with Crippen LogP contribution in [0.4, 0.5) is 3.89 Å². The number of benzene rings is 2. The summed E-state index contributed by atoms with van der Waals surface area (Å²) in [6, 6.07) is 11.9. The third-order valence-corrected chi connectivity index (χ3v) is 6.15. The number of rotatable bonds is 8. The van der Waals surface area contributed by atoms with E-state index in [-0.39, 0.29) is 47.3 Å². The minimum Gasteiger partial charge on any atom is -0.860 e. The first-order valence-corrected chi connectivity index (χ1v) is 11.6. The molecule has 0 aliphatic carbocycles. The predicted octanol–water partition coefficient (Wildman–Crippen LogP) is 4.56. The normalized spacial score (nSPS) is 11.7. The number of nitrogens with zero attached hydrogens (tertiary/aromatic N) is 2. The molecule has 0 unspecified atom stereocenters. The van der Waals surface area contributed by atoms with Crippen LogP contribution in [0.2, 0.25) is 15.1 Å². The Morgan fingerprint density at radius 2 is 1.85 bits per heavy atom. The van der Waals surface area contributed by atoms with E-state index in [0.29, 0.717) is 21.4 Å². The summed E-state index contributed by atoms with van der Waals surface area (Å²) in [5, 5.41) is 13.0. The number of hydrogen-bond acceptors (Lipinski definition) is 5. The average Bonchev–Trinajstić information content (AvgIpc) is 2.72. The molecule has 0 saturated heterocycles. The van der Waals surface area contributed by atoms with Crippen LogP contribution >= 0.6 is 51.8 Å². The van der Waals surface area contributed by atoms with Crippen molar-refractivity contribution < 1.29 is 26.7 Å². The molecule has 0 fully saturated rings.